The number of hydrogen-bond donors (Lipinski definition) is 1. The molecule has 0 aliphatic heterocycles. The van der Waals surface area contributed by atoms with E-state index >= 15 is 0 Å². The molecule has 1 N–H and O–H groups in total. The zero-order valence-electron chi connectivity index (χ0n) is 11.7. The zero-order valence-corrected chi connectivity index (χ0v) is 12.5. The Bertz CT molecular complexity index is 742. The van der Waals surface area contributed by atoms with Gasteiger partial charge in [-0.05, 0) is 35.4 Å². The van der Waals surface area contributed by atoms with Gasteiger partial charge in [-0.25, -0.2) is 8.42 Å². The Labute approximate surface area is 125 Å². The lowest BCUT2D eigenvalue weighted by Gasteiger charge is -2.06. The van der Waals surface area contributed by atoms with E-state index in [9.17, 15) is 8.42 Å². The fraction of sp³-hybridized carbons (Fsp3) is 0.188. The molecule has 0 saturated carbocycles. The van der Waals surface area contributed by atoms with Gasteiger partial charge in [0.05, 0.1) is 16.5 Å². The minimum Gasteiger partial charge on any atom is -0.309 e. The SMILES string of the molecule is CS(=O)(=O)c1ccc(CNCc2ccc(C#N)cc2)cc1. The molecule has 0 aromatic heterocycles. The summed E-state index contributed by atoms with van der Waals surface area (Å²) in [5.74, 6) is 0. The van der Waals surface area contributed by atoms with Crippen LogP contribution in [0.15, 0.2) is 53.4 Å². The molecule has 0 radical (unpaired) electrons. The van der Waals surface area contributed by atoms with Crippen LogP contribution in [0, 0.1) is 11.3 Å². The van der Waals surface area contributed by atoms with Gasteiger partial charge in [0.25, 0.3) is 0 Å². The molecule has 0 fully saturated rings. The van der Waals surface area contributed by atoms with Crippen LogP contribution in [0.1, 0.15) is 16.7 Å². The Morgan fingerprint density at radius 3 is 1.86 bits per heavy atom. The van der Waals surface area contributed by atoms with E-state index in [1.54, 1.807) is 24.3 Å². The van der Waals surface area contributed by atoms with Gasteiger partial charge in [-0.1, -0.05) is 24.3 Å². The fourth-order valence-corrected chi connectivity index (χ4v) is 2.53. The number of benzene rings is 2. The lowest BCUT2D eigenvalue weighted by Crippen LogP contribution is -2.12. The number of nitrogens with zero attached hydrogens (tertiary/aromatic N) is 1. The first-order chi connectivity index (χ1) is 9.99. The molecule has 0 amide bonds. The molecule has 0 bridgehead atoms. The number of sulfone groups is 1. The third-order valence-corrected chi connectivity index (χ3v) is 4.22. The van der Waals surface area contributed by atoms with Gasteiger partial charge < -0.3 is 5.32 Å². The van der Waals surface area contributed by atoms with Gasteiger partial charge in [0.2, 0.25) is 0 Å². The average molecular weight is 300 g/mol. The van der Waals surface area contributed by atoms with Gasteiger partial charge in [-0.3, -0.25) is 0 Å². The van der Waals surface area contributed by atoms with Crippen LogP contribution in [0.4, 0.5) is 0 Å². The van der Waals surface area contributed by atoms with Crippen LogP contribution in [-0.2, 0) is 22.9 Å². The van der Waals surface area contributed by atoms with Gasteiger partial charge in [0.1, 0.15) is 0 Å². The van der Waals surface area contributed by atoms with Crippen molar-refractivity contribution in [1.29, 1.82) is 5.26 Å². The Morgan fingerprint density at radius 2 is 1.43 bits per heavy atom. The molecule has 0 spiro atoms. The molecule has 0 saturated heterocycles. The third-order valence-electron chi connectivity index (χ3n) is 3.09. The van der Waals surface area contributed by atoms with Gasteiger partial charge in [-0.15, -0.1) is 0 Å². The van der Waals surface area contributed by atoms with Crippen LogP contribution < -0.4 is 5.32 Å². The van der Waals surface area contributed by atoms with E-state index in [4.69, 9.17) is 5.26 Å². The van der Waals surface area contributed by atoms with Gasteiger partial charge in [0.15, 0.2) is 9.84 Å². The molecule has 0 unspecified atom stereocenters. The smallest absolute Gasteiger partial charge is 0.175 e. The summed E-state index contributed by atoms with van der Waals surface area (Å²) in [4.78, 5) is 0.332. The molecule has 4 nitrogen and oxygen atoms in total. The molecule has 0 atom stereocenters. The normalized spacial score (nSPS) is 11.0. The van der Waals surface area contributed by atoms with Crippen LogP contribution >= 0.6 is 0 Å². The fourth-order valence-electron chi connectivity index (χ4n) is 1.90. The van der Waals surface area contributed by atoms with Crippen molar-refractivity contribution in [3.8, 4) is 6.07 Å². The predicted molar refractivity (Wildman–Crippen MR) is 81.3 cm³/mol. The van der Waals surface area contributed by atoms with Crippen LogP contribution in [-0.4, -0.2) is 14.7 Å². The largest absolute Gasteiger partial charge is 0.309 e. The van der Waals surface area contributed by atoms with Crippen LogP contribution in [0.3, 0.4) is 0 Å². The Kier molecular flexibility index (Phi) is 4.73. The van der Waals surface area contributed by atoms with E-state index in [1.165, 1.54) is 6.26 Å². The lowest BCUT2D eigenvalue weighted by molar-refractivity contribution is 0.602. The number of nitrogens with one attached hydrogen (secondary N) is 1. The maximum atomic E-state index is 11.4. The van der Waals surface area contributed by atoms with Crippen molar-refractivity contribution >= 4 is 9.84 Å². The summed E-state index contributed by atoms with van der Waals surface area (Å²) in [5, 5.41) is 12.0. The molecular weight excluding hydrogens is 284 g/mol. The van der Waals surface area contributed by atoms with Crippen LogP contribution in [0.5, 0.6) is 0 Å². The molecule has 5 heteroatoms. The van der Waals surface area contributed by atoms with Crippen molar-refractivity contribution in [1.82, 2.24) is 5.32 Å². The molecule has 0 aliphatic carbocycles. The first kappa shape index (κ1) is 15.2. The molecule has 21 heavy (non-hydrogen) atoms. The number of hydrogen-bond acceptors (Lipinski definition) is 4. The first-order valence-electron chi connectivity index (χ1n) is 6.48. The standard InChI is InChI=1S/C16H16N2O2S/c1-21(19,20)16-8-6-15(7-9-16)12-18-11-14-4-2-13(10-17)3-5-14/h2-9,18H,11-12H2,1H3. The highest BCUT2D eigenvalue weighted by molar-refractivity contribution is 7.90. The summed E-state index contributed by atoms with van der Waals surface area (Å²) in [5.41, 5.74) is 2.77. The van der Waals surface area contributed by atoms with Gasteiger partial charge in [-0.2, -0.15) is 5.26 Å². The first-order valence-corrected chi connectivity index (χ1v) is 8.37. The van der Waals surface area contributed by atoms with E-state index in [0.29, 0.717) is 23.5 Å². The summed E-state index contributed by atoms with van der Waals surface area (Å²) in [7, 11) is -3.14. The van der Waals surface area contributed by atoms with E-state index in [1.807, 2.05) is 24.3 Å². The molecule has 0 heterocycles. The number of rotatable bonds is 5. The molecule has 2 aromatic carbocycles. The maximum Gasteiger partial charge on any atom is 0.175 e. The summed E-state index contributed by atoms with van der Waals surface area (Å²) in [6.45, 7) is 1.35. The van der Waals surface area contributed by atoms with Crippen molar-refractivity contribution in [3.63, 3.8) is 0 Å². The van der Waals surface area contributed by atoms with Crippen LogP contribution in [0.25, 0.3) is 0 Å². The lowest BCUT2D eigenvalue weighted by atomic mass is 10.1. The van der Waals surface area contributed by atoms with Gasteiger partial charge >= 0.3 is 0 Å². The van der Waals surface area contributed by atoms with Crippen molar-refractivity contribution < 1.29 is 8.42 Å². The summed E-state index contributed by atoms with van der Waals surface area (Å²) >= 11 is 0. The maximum absolute atomic E-state index is 11.4. The van der Waals surface area contributed by atoms with E-state index in [0.717, 1.165) is 11.1 Å². The zero-order chi connectivity index (χ0) is 15.3. The van der Waals surface area contributed by atoms with Crippen molar-refractivity contribution in [3.05, 3.63) is 65.2 Å². The summed E-state index contributed by atoms with van der Waals surface area (Å²) in [6, 6.07) is 16.3. The highest BCUT2D eigenvalue weighted by atomic mass is 32.2. The second kappa shape index (κ2) is 6.53. The summed E-state index contributed by atoms with van der Waals surface area (Å²) < 4.78 is 22.7. The molecular formula is C16H16N2O2S. The van der Waals surface area contributed by atoms with Gasteiger partial charge in [0, 0.05) is 19.3 Å². The molecule has 108 valence electrons. The van der Waals surface area contributed by atoms with Crippen molar-refractivity contribution in [2.45, 2.75) is 18.0 Å². The average Bonchev–Trinajstić information content (AvgIpc) is 2.47. The quantitative estimate of drug-likeness (QED) is 0.919. The highest BCUT2D eigenvalue weighted by Gasteiger charge is 2.05. The minimum absolute atomic E-state index is 0.332. The summed E-state index contributed by atoms with van der Waals surface area (Å²) in [6.07, 6.45) is 1.20. The Balaban J connectivity index is 1.90. The second-order valence-electron chi connectivity index (χ2n) is 4.83. The highest BCUT2D eigenvalue weighted by Crippen LogP contribution is 2.10. The monoisotopic (exact) mass is 300 g/mol. The minimum atomic E-state index is -3.14. The predicted octanol–water partition coefficient (Wildman–Crippen LogP) is 2.25. The molecule has 2 rings (SSSR count). The molecule has 0 aliphatic rings. The third kappa shape index (κ3) is 4.42. The Morgan fingerprint density at radius 1 is 0.952 bits per heavy atom. The number of nitriles is 1. The van der Waals surface area contributed by atoms with E-state index in [2.05, 4.69) is 11.4 Å². The Hall–Kier alpha value is -2.16. The van der Waals surface area contributed by atoms with Crippen molar-refractivity contribution in [2.75, 3.05) is 6.26 Å². The van der Waals surface area contributed by atoms with E-state index in [-0.39, 0.29) is 0 Å². The topological polar surface area (TPSA) is 70.0 Å². The van der Waals surface area contributed by atoms with Crippen molar-refractivity contribution in [2.24, 2.45) is 0 Å². The second-order valence-corrected chi connectivity index (χ2v) is 6.84. The van der Waals surface area contributed by atoms with E-state index < -0.39 is 9.84 Å². The van der Waals surface area contributed by atoms with Crippen LogP contribution in [0.2, 0.25) is 0 Å². The molecule has 2 aromatic rings.